The molecule has 1 heterocycles. The zero-order chi connectivity index (χ0) is 22.3. The quantitative estimate of drug-likeness (QED) is 0.698. The second-order valence-corrected chi connectivity index (χ2v) is 8.77. The van der Waals surface area contributed by atoms with Crippen molar-refractivity contribution in [1.29, 1.82) is 0 Å². The van der Waals surface area contributed by atoms with Crippen LogP contribution in [0.5, 0.6) is 0 Å². The SMILES string of the molecule is O=CCC1CN(Cc2ccccc2)C(=O)C(c2ccccc2)N1C(=O)NC1CCCCC1. The molecular weight excluding hydrogens is 402 g/mol. The van der Waals surface area contributed by atoms with Gasteiger partial charge in [-0.3, -0.25) is 4.79 Å². The molecule has 2 fully saturated rings. The third-order valence-electron chi connectivity index (χ3n) is 6.52. The van der Waals surface area contributed by atoms with Crippen molar-refractivity contribution in [2.75, 3.05) is 6.54 Å². The highest BCUT2D eigenvalue weighted by atomic mass is 16.2. The Balaban J connectivity index is 1.64. The molecule has 0 radical (unpaired) electrons. The maximum Gasteiger partial charge on any atom is 0.318 e. The maximum absolute atomic E-state index is 13.7. The number of carbonyl (C=O) groups excluding carboxylic acids is 3. The van der Waals surface area contributed by atoms with Gasteiger partial charge < -0.3 is 19.9 Å². The number of nitrogens with zero attached hydrogens (tertiary/aromatic N) is 2. The van der Waals surface area contributed by atoms with Gasteiger partial charge in [-0.2, -0.15) is 0 Å². The van der Waals surface area contributed by atoms with Crippen molar-refractivity contribution in [3.8, 4) is 0 Å². The number of aldehydes is 1. The van der Waals surface area contributed by atoms with E-state index in [2.05, 4.69) is 5.32 Å². The van der Waals surface area contributed by atoms with Crippen LogP contribution in [0.15, 0.2) is 60.7 Å². The number of urea groups is 1. The van der Waals surface area contributed by atoms with Crippen LogP contribution in [-0.4, -0.2) is 46.7 Å². The van der Waals surface area contributed by atoms with E-state index < -0.39 is 6.04 Å². The molecule has 2 aliphatic rings. The molecule has 6 heteroatoms. The summed E-state index contributed by atoms with van der Waals surface area (Å²) in [7, 11) is 0. The third-order valence-corrected chi connectivity index (χ3v) is 6.52. The minimum absolute atomic E-state index is 0.110. The molecule has 2 unspecified atom stereocenters. The summed E-state index contributed by atoms with van der Waals surface area (Å²) in [5, 5.41) is 3.16. The molecule has 168 valence electrons. The molecule has 1 saturated heterocycles. The van der Waals surface area contributed by atoms with Crippen LogP contribution in [0.4, 0.5) is 4.79 Å². The van der Waals surface area contributed by atoms with Crippen LogP contribution in [0.2, 0.25) is 0 Å². The van der Waals surface area contributed by atoms with Gasteiger partial charge in [0.05, 0.1) is 6.04 Å². The first kappa shape index (κ1) is 22.1. The van der Waals surface area contributed by atoms with Gasteiger partial charge in [0, 0.05) is 25.6 Å². The smallest absolute Gasteiger partial charge is 0.318 e. The van der Waals surface area contributed by atoms with Gasteiger partial charge in [0.2, 0.25) is 5.91 Å². The van der Waals surface area contributed by atoms with E-state index in [9.17, 15) is 14.4 Å². The molecule has 0 aromatic heterocycles. The van der Waals surface area contributed by atoms with Gasteiger partial charge in [0.25, 0.3) is 0 Å². The van der Waals surface area contributed by atoms with Crippen LogP contribution >= 0.6 is 0 Å². The van der Waals surface area contributed by atoms with E-state index in [1.165, 1.54) is 6.42 Å². The highest BCUT2D eigenvalue weighted by Gasteiger charge is 2.44. The molecule has 2 atom stereocenters. The Morgan fingerprint density at radius 2 is 1.62 bits per heavy atom. The minimum Gasteiger partial charge on any atom is -0.335 e. The van der Waals surface area contributed by atoms with Crippen molar-refractivity contribution in [2.45, 2.75) is 63.2 Å². The molecule has 1 aliphatic carbocycles. The van der Waals surface area contributed by atoms with Gasteiger partial charge in [0.1, 0.15) is 12.3 Å². The highest BCUT2D eigenvalue weighted by molar-refractivity contribution is 5.90. The molecule has 0 bridgehead atoms. The monoisotopic (exact) mass is 433 g/mol. The highest BCUT2D eigenvalue weighted by Crippen LogP contribution is 2.32. The van der Waals surface area contributed by atoms with E-state index in [1.54, 1.807) is 9.80 Å². The van der Waals surface area contributed by atoms with E-state index in [1.807, 2.05) is 60.7 Å². The molecule has 3 amide bonds. The number of hydrogen-bond donors (Lipinski definition) is 1. The lowest BCUT2D eigenvalue weighted by atomic mass is 9.94. The number of benzene rings is 2. The van der Waals surface area contributed by atoms with Gasteiger partial charge >= 0.3 is 6.03 Å². The van der Waals surface area contributed by atoms with Gasteiger partial charge in [-0.05, 0) is 24.0 Å². The molecule has 1 aliphatic heterocycles. The molecule has 2 aromatic carbocycles. The summed E-state index contributed by atoms with van der Waals surface area (Å²) < 4.78 is 0. The van der Waals surface area contributed by atoms with Crippen molar-refractivity contribution in [3.05, 3.63) is 71.8 Å². The Morgan fingerprint density at radius 1 is 0.969 bits per heavy atom. The fraction of sp³-hybridized carbons (Fsp3) is 0.423. The fourth-order valence-corrected chi connectivity index (χ4v) is 4.90. The van der Waals surface area contributed by atoms with Gasteiger partial charge in [0.15, 0.2) is 0 Å². The van der Waals surface area contributed by atoms with Crippen molar-refractivity contribution in [3.63, 3.8) is 0 Å². The first-order valence-corrected chi connectivity index (χ1v) is 11.6. The van der Waals surface area contributed by atoms with E-state index in [0.29, 0.717) is 13.1 Å². The average Bonchev–Trinajstić information content (AvgIpc) is 2.83. The number of rotatable bonds is 6. The molecule has 0 spiro atoms. The van der Waals surface area contributed by atoms with E-state index in [4.69, 9.17) is 0 Å². The largest absolute Gasteiger partial charge is 0.335 e. The van der Waals surface area contributed by atoms with E-state index in [0.717, 1.165) is 43.1 Å². The van der Waals surface area contributed by atoms with Gasteiger partial charge in [-0.15, -0.1) is 0 Å². The molecule has 2 aromatic rings. The lowest BCUT2D eigenvalue weighted by Gasteiger charge is -2.46. The van der Waals surface area contributed by atoms with Crippen LogP contribution in [-0.2, 0) is 16.1 Å². The Labute approximate surface area is 189 Å². The van der Waals surface area contributed by atoms with Gasteiger partial charge in [-0.25, -0.2) is 4.79 Å². The van der Waals surface area contributed by atoms with Crippen molar-refractivity contribution >= 4 is 18.2 Å². The zero-order valence-corrected chi connectivity index (χ0v) is 18.4. The first-order valence-electron chi connectivity index (χ1n) is 11.6. The molecule has 6 nitrogen and oxygen atoms in total. The summed E-state index contributed by atoms with van der Waals surface area (Å²) in [5.74, 6) is -0.110. The second kappa shape index (κ2) is 10.4. The molecule has 32 heavy (non-hydrogen) atoms. The predicted octanol–water partition coefficient (Wildman–Crippen LogP) is 4.07. The maximum atomic E-state index is 13.7. The topological polar surface area (TPSA) is 69.7 Å². The number of hydrogen-bond acceptors (Lipinski definition) is 3. The van der Waals surface area contributed by atoms with Crippen molar-refractivity contribution in [1.82, 2.24) is 15.1 Å². The van der Waals surface area contributed by atoms with Crippen molar-refractivity contribution in [2.24, 2.45) is 0 Å². The number of carbonyl (C=O) groups is 3. The summed E-state index contributed by atoms with van der Waals surface area (Å²) >= 11 is 0. The van der Waals surface area contributed by atoms with Crippen LogP contribution < -0.4 is 5.32 Å². The Hall–Kier alpha value is -3.15. The van der Waals surface area contributed by atoms with Gasteiger partial charge in [-0.1, -0.05) is 79.9 Å². The summed E-state index contributed by atoms with van der Waals surface area (Å²) in [4.78, 5) is 42.1. The normalized spacial score (nSPS) is 21.9. The van der Waals surface area contributed by atoms with Crippen LogP contribution in [0, 0.1) is 0 Å². The molecule has 1 N–H and O–H groups in total. The summed E-state index contributed by atoms with van der Waals surface area (Å²) in [6.07, 6.45) is 6.38. The van der Waals surface area contributed by atoms with Crippen LogP contribution in [0.25, 0.3) is 0 Å². The average molecular weight is 434 g/mol. The first-order chi connectivity index (χ1) is 15.7. The Morgan fingerprint density at radius 3 is 2.28 bits per heavy atom. The van der Waals surface area contributed by atoms with Crippen molar-refractivity contribution < 1.29 is 14.4 Å². The van der Waals surface area contributed by atoms with E-state index >= 15 is 0 Å². The molecule has 4 rings (SSSR count). The summed E-state index contributed by atoms with van der Waals surface area (Å²) in [6, 6.07) is 18.0. The van der Waals surface area contributed by atoms with Crippen LogP contribution in [0.3, 0.4) is 0 Å². The summed E-state index contributed by atoms with van der Waals surface area (Å²) in [5.41, 5.74) is 1.79. The lowest BCUT2D eigenvalue weighted by Crippen LogP contribution is -2.62. The molecular formula is C26H31N3O3. The zero-order valence-electron chi connectivity index (χ0n) is 18.4. The van der Waals surface area contributed by atoms with E-state index in [-0.39, 0.29) is 30.4 Å². The molecule has 1 saturated carbocycles. The summed E-state index contributed by atoms with van der Waals surface area (Å²) in [6.45, 7) is 0.796. The Kier molecular flexibility index (Phi) is 7.20. The lowest BCUT2D eigenvalue weighted by molar-refractivity contribution is -0.144. The van der Waals surface area contributed by atoms with Crippen LogP contribution in [0.1, 0.15) is 55.7 Å². The second-order valence-electron chi connectivity index (χ2n) is 8.77. The standard InChI is InChI=1S/C26H31N3O3/c30-17-16-23-19-28(18-20-10-4-1-5-11-20)25(31)24(21-12-6-2-7-13-21)29(23)26(32)27-22-14-8-3-9-15-22/h1-2,4-7,10-13,17,22-24H,3,8-9,14-16,18-19H2,(H,27,32). The Bertz CT molecular complexity index is 912. The number of nitrogens with one attached hydrogen (secondary N) is 1. The predicted molar refractivity (Wildman–Crippen MR) is 123 cm³/mol. The third kappa shape index (κ3) is 5.01. The number of amides is 3. The number of piperazine rings is 1. The minimum atomic E-state index is -0.748. The fourth-order valence-electron chi connectivity index (χ4n) is 4.90.